The summed E-state index contributed by atoms with van der Waals surface area (Å²) >= 11 is 0. The van der Waals surface area contributed by atoms with Gasteiger partial charge in [-0.2, -0.15) is 0 Å². The zero-order valence-electron chi connectivity index (χ0n) is 16.7. The molecule has 2 aliphatic heterocycles. The summed E-state index contributed by atoms with van der Waals surface area (Å²) in [5.74, 6) is 0.302. The molecule has 0 aromatic heterocycles. The zero-order valence-corrected chi connectivity index (χ0v) is 16.7. The average Bonchev–Trinajstić information content (AvgIpc) is 3.05. The van der Waals surface area contributed by atoms with Crippen molar-refractivity contribution in [2.45, 2.75) is 67.2 Å². The van der Waals surface area contributed by atoms with Gasteiger partial charge in [-0.25, -0.2) is 0 Å². The van der Waals surface area contributed by atoms with Gasteiger partial charge in [-0.1, -0.05) is 41.5 Å². The van der Waals surface area contributed by atoms with Gasteiger partial charge in [0.15, 0.2) is 0 Å². The van der Waals surface area contributed by atoms with Crippen molar-refractivity contribution in [3.05, 3.63) is 0 Å². The molecule has 5 nitrogen and oxygen atoms in total. The maximum Gasteiger partial charge on any atom is 0.233 e. The van der Waals surface area contributed by atoms with E-state index >= 15 is 0 Å². The predicted octanol–water partition coefficient (Wildman–Crippen LogP) is 3.08. The molecule has 2 aliphatic rings. The van der Waals surface area contributed by atoms with E-state index in [4.69, 9.17) is 0 Å². The van der Waals surface area contributed by atoms with Gasteiger partial charge in [0.2, 0.25) is 17.7 Å². The van der Waals surface area contributed by atoms with E-state index in [1.165, 1.54) is 4.90 Å². The van der Waals surface area contributed by atoms with Crippen molar-refractivity contribution in [1.29, 1.82) is 0 Å². The molecule has 0 radical (unpaired) electrons. The van der Waals surface area contributed by atoms with Gasteiger partial charge in [-0.3, -0.25) is 19.3 Å². The molecular weight excluding hydrogens is 316 g/mol. The highest BCUT2D eigenvalue weighted by Crippen LogP contribution is 2.36. The molecule has 0 saturated carbocycles. The Kier molecular flexibility index (Phi) is 5.65. The topological polar surface area (TPSA) is 57.7 Å². The normalized spacial score (nSPS) is 25.2. The van der Waals surface area contributed by atoms with Crippen LogP contribution in [0.3, 0.4) is 0 Å². The van der Waals surface area contributed by atoms with E-state index < -0.39 is 0 Å². The van der Waals surface area contributed by atoms with Crippen LogP contribution in [0, 0.1) is 22.7 Å². The van der Waals surface area contributed by atoms with Gasteiger partial charge in [-0.05, 0) is 29.6 Å². The number of imide groups is 1. The molecule has 0 spiro atoms. The Balaban J connectivity index is 1.80. The number of nitrogens with zero attached hydrogens (tertiary/aromatic N) is 2. The van der Waals surface area contributed by atoms with Crippen LogP contribution in [-0.4, -0.2) is 47.2 Å². The summed E-state index contributed by atoms with van der Waals surface area (Å²) in [6, 6.07) is 0. The fraction of sp³-hybridized carbons (Fsp3) is 0.850. The Hall–Kier alpha value is -1.39. The summed E-state index contributed by atoms with van der Waals surface area (Å²) in [6.07, 6.45) is 2.33. The molecule has 2 atom stereocenters. The molecule has 0 N–H and O–H groups in total. The summed E-state index contributed by atoms with van der Waals surface area (Å²) < 4.78 is 0. The lowest BCUT2D eigenvalue weighted by Gasteiger charge is -2.27. The lowest BCUT2D eigenvalue weighted by atomic mass is 9.80. The first-order chi connectivity index (χ1) is 11.4. The minimum Gasteiger partial charge on any atom is -0.342 e. The van der Waals surface area contributed by atoms with Crippen molar-refractivity contribution in [1.82, 2.24) is 9.80 Å². The second-order valence-electron chi connectivity index (χ2n) is 9.80. The molecule has 0 bridgehead atoms. The molecular formula is C20H34N2O3. The number of amides is 3. The van der Waals surface area contributed by atoms with E-state index in [0.717, 1.165) is 19.5 Å². The van der Waals surface area contributed by atoms with E-state index in [9.17, 15) is 14.4 Å². The molecule has 2 fully saturated rings. The number of rotatable bonds is 4. The molecule has 2 rings (SSSR count). The van der Waals surface area contributed by atoms with Crippen LogP contribution in [0.25, 0.3) is 0 Å². The Morgan fingerprint density at radius 2 is 1.72 bits per heavy atom. The van der Waals surface area contributed by atoms with Gasteiger partial charge in [-0.15, -0.1) is 0 Å². The van der Waals surface area contributed by atoms with Crippen LogP contribution >= 0.6 is 0 Å². The van der Waals surface area contributed by atoms with Crippen molar-refractivity contribution < 1.29 is 14.4 Å². The van der Waals surface area contributed by atoms with E-state index in [0.29, 0.717) is 31.7 Å². The summed E-state index contributed by atoms with van der Waals surface area (Å²) in [5, 5.41) is 0. The summed E-state index contributed by atoms with van der Waals surface area (Å²) in [5.41, 5.74) is 0.0280. The molecule has 0 aliphatic carbocycles. The van der Waals surface area contributed by atoms with Crippen molar-refractivity contribution in [2.75, 3.05) is 19.6 Å². The first kappa shape index (κ1) is 19.9. The lowest BCUT2D eigenvalue weighted by Crippen LogP contribution is -2.36. The van der Waals surface area contributed by atoms with Crippen LogP contribution in [0.5, 0.6) is 0 Å². The van der Waals surface area contributed by atoms with Gasteiger partial charge in [0, 0.05) is 32.5 Å². The van der Waals surface area contributed by atoms with Crippen LogP contribution in [0.2, 0.25) is 0 Å². The molecule has 5 heteroatoms. The van der Waals surface area contributed by atoms with Crippen LogP contribution in [-0.2, 0) is 14.4 Å². The second kappa shape index (κ2) is 7.08. The van der Waals surface area contributed by atoms with Gasteiger partial charge in [0.25, 0.3) is 0 Å². The van der Waals surface area contributed by atoms with Crippen molar-refractivity contribution >= 4 is 17.7 Å². The van der Waals surface area contributed by atoms with Crippen LogP contribution < -0.4 is 0 Å². The Morgan fingerprint density at radius 1 is 1.08 bits per heavy atom. The smallest absolute Gasteiger partial charge is 0.233 e. The van der Waals surface area contributed by atoms with Crippen LogP contribution in [0.1, 0.15) is 67.2 Å². The fourth-order valence-corrected chi connectivity index (χ4v) is 3.83. The lowest BCUT2D eigenvalue weighted by molar-refractivity contribution is -0.141. The highest BCUT2D eigenvalue weighted by Gasteiger charge is 2.44. The summed E-state index contributed by atoms with van der Waals surface area (Å²) in [7, 11) is 0. The van der Waals surface area contributed by atoms with Crippen LogP contribution in [0.4, 0.5) is 0 Å². The first-order valence-electron chi connectivity index (χ1n) is 9.53. The van der Waals surface area contributed by atoms with Crippen molar-refractivity contribution in [3.8, 4) is 0 Å². The maximum absolute atomic E-state index is 12.5. The quantitative estimate of drug-likeness (QED) is 0.732. The largest absolute Gasteiger partial charge is 0.342 e. The van der Waals surface area contributed by atoms with E-state index in [1.54, 1.807) is 0 Å². The fourth-order valence-electron chi connectivity index (χ4n) is 3.83. The molecule has 0 aromatic carbocycles. The highest BCUT2D eigenvalue weighted by atomic mass is 16.2. The number of likely N-dealkylation sites (tertiary alicyclic amines) is 2. The second-order valence-corrected chi connectivity index (χ2v) is 9.80. The molecule has 2 saturated heterocycles. The minimum absolute atomic E-state index is 0.0704. The minimum atomic E-state index is -0.234. The van der Waals surface area contributed by atoms with Crippen molar-refractivity contribution in [3.63, 3.8) is 0 Å². The Morgan fingerprint density at radius 3 is 2.20 bits per heavy atom. The highest BCUT2D eigenvalue weighted by molar-refractivity contribution is 6.03. The van der Waals surface area contributed by atoms with Gasteiger partial charge in [0.1, 0.15) is 0 Å². The third kappa shape index (κ3) is 4.62. The summed E-state index contributed by atoms with van der Waals surface area (Å²) in [4.78, 5) is 40.3. The SMILES string of the molecule is CC(C)(C)C1CC(=O)N(CCCC(=O)N2CC[C@H](C(C)(C)C)C2)C1=O. The number of carbonyl (C=O) groups excluding carboxylic acids is 3. The molecule has 0 aromatic rings. The monoisotopic (exact) mass is 350 g/mol. The third-order valence-electron chi connectivity index (χ3n) is 5.83. The number of carbonyl (C=O) groups is 3. The summed E-state index contributed by atoms with van der Waals surface area (Å²) in [6.45, 7) is 14.7. The van der Waals surface area contributed by atoms with Crippen molar-refractivity contribution in [2.24, 2.45) is 22.7 Å². The standard InChI is InChI=1S/C20H34N2O3/c1-19(2,3)14-9-11-21(13-14)16(23)8-7-10-22-17(24)12-15(18(22)25)20(4,5)6/h14-15H,7-13H2,1-6H3/t14-,15?/m0/s1. The van der Waals surface area contributed by atoms with Gasteiger partial charge >= 0.3 is 0 Å². The van der Waals surface area contributed by atoms with E-state index in [2.05, 4.69) is 20.8 Å². The van der Waals surface area contributed by atoms with E-state index in [1.807, 2.05) is 25.7 Å². The van der Waals surface area contributed by atoms with E-state index in [-0.39, 0.29) is 34.5 Å². The first-order valence-corrected chi connectivity index (χ1v) is 9.53. The molecule has 2 heterocycles. The molecule has 1 unspecified atom stereocenters. The Bertz CT molecular complexity index is 542. The molecule has 25 heavy (non-hydrogen) atoms. The number of hydrogen-bond donors (Lipinski definition) is 0. The van der Waals surface area contributed by atoms with Gasteiger partial charge in [0.05, 0.1) is 5.92 Å². The Labute approximate surface area is 152 Å². The predicted molar refractivity (Wildman–Crippen MR) is 97.7 cm³/mol. The molecule has 142 valence electrons. The zero-order chi connectivity index (χ0) is 19.0. The average molecular weight is 351 g/mol. The van der Waals surface area contributed by atoms with Gasteiger partial charge < -0.3 is 4.90 Å². The molecule has 3 amide bonds. The van der Waals surface area contributed by atoms with Crippen LogP contribution in [0.15, 0.2) is 0 Å². The third-order valence-corrected chi connectivity index (χ3v) is 5.83. The maximum atomic E-state index is 12.5. The number of hydrogen-bond acceptors (Lipinski definition) is 3.